The predicted molar refractivity (Wildman–Crippen MR) is 118 cm³/mol. The SMILES string of the molecule is CCC(CC)(CNC(=O)c1cc2c([nH]c1=O)CCCC2=O)NC(C)c1ccccc1. The van der Waals surface area contributed by atoms with Crippen molar-refractivity contribution in [3.63, 3.8) is 0 Å². The van der Waals surface area contributed by atoms with Gasteiger partial charge in [0, 0.05) is 35.8 Å². The van der Waals surface area contributed by atoms with E-state index in [1.807, 2.05) is 18.2 Å². The van der Waals surface area contributed by atoms with E-state index in [9.17, 15) is 14.4 Å². The molecule has 2 aromatic rings. The highest BCUT2D eigenvalue weighted by atomic mass is 16.2. The summed E-state index contributed by atoms with van der Waals surface area (Å²) in [5.74, 6) is -0.464. The van der Waals surface area contributed by atoms with Crippen molar-refractivity contribution in [2.45, 2.75) is 64.5 Å². The van der Waals surface area contributed by atoms with Gasteiger partial charge in [-0.15, -0.1) is 0 Å². The van der Waals surface area contributed by atoms with Crippen LogP contribution in [0, 0.1) is 0 Å². The van der Waals surface area contributed by atoms with Crippen molar-refractivity contribution in [1.82, 2.24) is 15.6 Å². The van der Waals surface area contributed by atoms with Crippen molar-refractivity contribution in [3.05, 3.63) is 69.1 Å². The van der Waals surface area contributed by atoms with E-state index in [-0.39, 0.29) is 22.9 Å². The van der Waals surface area contributed by atoms with Crippen molar-refractivity contribution >= 4 is 11.7 Å². The Morgan fingerprint density at radius 2 is 1.83 bits per heavy atom. The Morgan fingerprint density at radius 3 is 2.50 bits per heavy atom. The number of aromatic amines is 1. The zero-order chi connectivity index (χ0) is 21.7. The highest BCUT2D eigenvalue weighted by Gasteiger charge is 2.29. The number of carbonyl (C=O) groups excluding carboxylic acids is 2. The Balaban J connectivity index is 1.75. The minimum atomic E-state index is -0.446. The lowest BCUT2D eigenvalue weighted by Crippen LogP contribution is -2.53. The van der Waals surface area contributed by atoms with Gasteiger partial charge in [0.05, 0.1) is 0 Å². The van der Waals surface area contributed by atoms with Crippen molar-refractivity contribution < 1.29 is 9.59 Å². The maximum atomic E-state index is 12.8. The number of ketones is 1. The van der Waals surface area contributed by atoms with Crippen LogP contribution in [0.1, 0.15) is 84.5 Å². The Bertz CT molecular complexity index is 961. The van der Waals surface area contributed by atoms with Crippen LogP contribution in [0.25, 0.3) is 0 Å². The van der Waals surface area contributed by atoms with E-state index in [1.165, 1.54) is 11.6 Å². The second-order valence-corrected chi connectivity index (χ2v) is 8.13. The summed E-state index contributed by atoms with van der Waals surface area (Å²) in [4.78, 5) is 40.2. The number of fused-ring (bicyclic) bond motifs is 1. The van der Waals surface area contributed by atoms with Crippen LogP contribution < -0.4 is 16.2 Å². The van der Waals surface area contributed by atoms with Crippen molar-refractivity contribution in [3.8, 4) is 0 Å². The maximum Gasteiger partial charge on any atom is 0.261 e. The van der Waals surface area contributed by atoms with Gasteiger partial charge in [0.25, 0.3) is 11.5 Å². The number of rotatable bonds is 8. The third-order valence-corrected chi connectivity index (χ3v) is 6.26. The summed E-state index contributed by atoms with van der Waals surface area (Å²) in [6.45, 7) is 6.67. The molecular formula is C24H31N3O3. The van der Waals surface area contributed by atoms with Gasteiger partial charge in [-0.25, -0.2) is 0 Å². The predicted octanol–water partition coefficient (Wildman–Crippen LogP) is 3.53. The third-order valence-electron chi connectivity index (χ3n) is 6.26. The summed E-state index contributed by atoms with van der Waals surface area (Å²) in [6.07, 6.45) is 3.48. The Morgan fingerprint density at radius 1 is 1.13 bits per heavy atom. The summed E-state index contributed by atoms with van der Waals surface area (Å²) >= 11 is 0. The van der Waals surface area contributed by atoms with E-state index in [4.69, 9.17) is 0 Å². The largest absolute Gasteiger partial charge is 0.350 e. The van der Waals surface area contributed by atoms with Crippen LogP contribution >= 0.6 is 0 Å². The van der Waals surface area contributed by atoms with Crippen LogP contribution in [-0.2, 0) is 6.42 Å². The number of amides is 1. The lowest BCUT2D eigenvalue weighted by atomic mass is 9.90. The monoisotopic (exact) mass is 409 g/mol. The van der Waals surface area contributed by atoms with Crippen molar-refractivity contribution in [1.29, 1.82) is 0 Å². The van der Waals surface area contributed by atoms with Crippen LogP contribution in [-0.4, -0.2) is 28.8 Å². The highest BCUT2D eigenvalue weighted by Crippen LogP contribution is 2.22. The number of benzene rings is 1. The number of Topliss-reactive ketones (excluding diaryl/α,β-unsaturated/α-hetero) is 1. The molecule has 0 radical (unpaired) electrons. The molecule has 6 nitrogen and oxygen atoms in total. The average molecular weight is 410 g/mol. The minimum Gasteiger partial charge on any atom is -0.350 e. The smallest absolute Gasteiger partial charge is 0.261 e. The fourth-order valence-electron chi connectivity index (χ4n) is 4.13. The summed E-state index contributed by atoms with van der Waals surface area (Å²) in [5.41, 5.74) is 1.55. The second-order valence-electron chi connectivity index (χ2n) is 8.13. The van der Waals surface area contributed by atoms with Gasteiger partial charge in [-0.05, 0) is 44.2 Å². The van der Waals surface area contributed by atoms with Gasteiger partial charge in [0.1, 0.15) is 5.56 Å². The molecule has 0 aliphatic heterocycles. The van der Waals surface area contributed by atoms with Crippen LogP contribution in [0.4, 0.5) is 0 Å². The summed E-state index contributed by atoms with van der Waals surface area (Å²) in [7, 11) is 0. The molecule has 0 saturated heterocycles. The number of aryl methyl sites for hydroxylation is 1. The van der Waals surface area contributed by atoms with Gasteiger partial charge in [-0.3, -0.25) is 14.4 Å². The molecular weight excluding hydrogens is 378 g/mol. The molecule has 0 saturated carbocycles. The number of H-pyrrole nitrogens is 1. The number of pyridine rings is 1. The van der Waals surface area contributed by atoms with Crippen LogP contribution in [0.2, 0.25) is 0 Å². The van der Waals surface area contributed by atoms with Crippen LogP contribution in [0.15, 0.2) is 41.2 Å². The molecule has 0 bridgehead atoms. The van der Waals surface area contributed by atoms with Crippen molar-refractivity contribution in [2.75, 3.05) is 6.54 Å². The molecule has 1 heterocycles. The first-order chi connectivity index (χ1) is 14.4. The van der Waals surface area contributed by atoms with Gasteiger partial charge in [-0.2, -0.15) is 0 Å². The molecule has 160 valence electrons. The molecule has 6 heteroatoms. The molecule has 1 unspecified atom stereocenters. The molecule has 1 aliphatic carbocycles. The van der Waals surface area contributed by atoms with Crippen LogP contribution in [0.3, 0.4) is 0 Å². The molecule has 0 fully saturated rings. The van der Waals surface area contributed by atoms with Crippen LogP contribution in [0.5, 0.6) is 0 Å². The zero-order valence-electron chi connectivity index (χ0n) is 18.0. The highest BCUT2D eigenvalue weighted by molar-refractivity contribution is 6.01. The first-order valence-electron chi connectivity index (χ1n) is 10.8. The summed E-state index contributed by atoms with van der Waals surface area (Å²) in [5, 5.41) is 6.60. The Hall–Kier alpha value is -2.73. The topological polar surface area (TPSA) is 91.1 Å². The molecule has 3 rings (SSSR count). The number of nitrogens with one attached hydrogen (secondary N) is 3. The van der Waals surface area contributed by atoms with Gasteiger partial charge >= 0.3 is 0 Å². The normalized spacial score (nSPS) is 14.8. The first kappa shape index (κ1) is 22.0. The standard InChI is InChI=1S/C24H31N3O3/c1-4-24(5-2,27-16(3)17-10-7-6-8-11-17)15-25-22(29)19-14-18-20(26-23(19)30)12-9-13-21(18)28/h6-8,10-11,14,16,27H,4-5,9,12-13,15H2,1-3H3,(H,25,29)(H,26,30). The molecule has 1 atom stereocenters. The maximum absolute atomic E-state index is 12.8. The van der Waals surface area contributed by atoms with E-state index in [2.05, 4.69) is 48.5 Å². The summed E-state index contributed by atoms with van der Waals surface area (Å²) in [6, 6.07) is 11.8. The fraction of sp³-hybridized carbons (Fsp3) is 0.458. The fourth-order valence-corrected chi connectivity index (χ4v) is 4.13. The molecule has 1 aromatic heterocycles. The zero-order valence-corrected chi connectivity index (χ0v) is 18.0. The first-order valence-corrected chi connectivity index (χ1v) is 10.8. The number of hydrogen-bond donors (Lipinski definition) is 3. The van der Waals surface area contributed by atoms with E-state index in [0.29, 0.717) is 30.6 Å². The van der Waals surface area contributed by atoms with Gasteiger partial charge in [-0.1, -0.05) is 44.2 Å². The van der Waals surface area contributed by atoms with E-state index < -0.39 is 11.5 Å². The minimum absolute atomic E-state index is 0.00112. The average Bonchev–Trinajstić information content (AvgIpc) is 2.77. The Kier molecular flexibility index (Phi) is 6.87. The molecule has 1 aromatic carbocycles. The number of aromatic nitrogens is 1. The van der Waals surface area contributed by atoms with Gasteiger partial charge < -0.3 is 15.6 Å². The lowest BCUT2D eigenvalue weighted by Gasteiger charge is -2.36. The quantitative estimate of drug-likeness (QED) is 0.622. The third kappa shape index (κ3) is 4.70. The molecule has 3 N–H and O–H groups in total. The molecule has 30 heavy (non-hydrogen) atoms. The van der Waals surface area contributed by atoms with E-state index >= 15 is 0 Å². The number of hydrogen-bond acceptors (Lipinski definition) is 4. The Labute approximate surface area is 177 Å². The lowest BCUT2D eigenvalue weighted by molar-refractivity contribution is 0.0932. The summed E-state index contributed by atoms with van der Waals surface area (Å²) < 4.78 is 0. The molecule has 0 spiro atoms. The van der Waals surface area contributed by atoms with E-state index in [0.717, 1.165) is 19.3 Å². The van der Waals surface area contributed by atoms with Gasteiger partial charge in [0.2, 0.25) is 0 Å². The van der Waals surface area contributed by atoms with E-state index in [1.54, 1.807) is 0 Å². The number of carbonyl (C=O) groups is 2. The molecule has 1 aliphatic rings. The second kappa shape index (κ2) is 9.39. The van der Waals surface area contributed by atoms with Gasteiger partial charge in [0.15, 0.2) is 5.78 Å². The van der Waals surface area contributed by atoms with Crippen molar-refractivity contribution in [2.24, 2.45) is 0 Å². The molecule has 1 amide bonds.